The van der Waals surface area contributed by atoms with Crippen LogP contribution in [0.4, 0.5) is 18.0 Å². The molecule has 1 heterocycles. The fourth-order valence-corrected chi connectivity index (χ4v) is 3.88. The zero-order valence-electron chi connectivity index (χ0n) is 20.1. The number of imide groups is 1. The quantitative estimate of drug-likeness (QED) is 0.342. The lowest BCUT2D eigenvalue weighted by atomic mass is 9.96. The standard InChI is InChI=1S/C27H24F3NO6/c1-3-5-18-15-22(34-19-8-10-20(11-9-19)36-27(28,29)30)12-13-23(18)35-21-7-4-6-17(14-21)16-26(2)24(32)31-25(33)37-26/h4,6-15H,3,5,16H2,1-2H3,(H,31,32,33). The fourth-order valence-electron chi connectivity index (χ4n) is 3.88. The third-order valence-electron chi connectivity index (χ3n) is 5.53. The van der Waals surface area contributed by atoms with E-state index in [1.807, 2.05) is 19.1 Å². The van der Waals surface area contributed by atoms with Gasteiger partial charge in [0.15, 0.2) is 5.60 Å². The van der Waals surface area contributed by atoms with Crippen molar-refractivity contribution in [1.82, 2.24) is 5.32 Å². The minimum Gasteiger partial charge on any atom is -0.457 e. The molecule has 3 aromatic rings. The maximum absolute atomic E-state index is 12.4. The number of halogens is 3. The van der Waals surface area contributed by atoms with Gasteiger partial charge in [0.25, 0.3) is 5.91 Å². The van der Waals surface area contributed by atoms with Crippen molar-refractivity contribution in [3.8, 4) is 28.7 Å². The highest BCUT2D eigenvalue weighted by Crippen LogP contribution is 2.34. The Labute approximate surface area is 211 Å². The molecule has 37 heavy (non-hydrogen) atoms. The second-order valence-electron chi connectivity index (χ2n) is 8.64. The van der Waals surface area contributed by atoms with Gasteiger partial charge in [0, 0.05) is 6.42 Å². The van der Waals surface area contributed by atoms with E-state index < -0.39 is 24.0 Å². The Morgan fingerprint density at radius 2 is 1.57 bits per heavy atom. The molecule has 194 valence electrons. The molecule has 10 heteroatoms. The maximum atomic E-state index is 12.4. The SMILES string of the molecule is CCCc1cc(Oc2ccc(OC(F)(F)F)cc2)ccc1Oc1cccc(CC2(C)OC(=O)NC2=O)c1. The molecule has 2 amide bonds. The van der Waals surface area contributed by atoms with Gasteiger partial charge < -0.3 is 18.9 Å². The van der Waals surface area contributed by atoms with Crippen molar-refractivity contribution in [2.45, 2.75) is 45.1 Å². The molecule has 1 unspecified atom stereocenters. The summed E-state index contributed by atoms with van der Waals surface area (Å²) in [5.41, 5.74) is 0.331. The number of benzene rings is 3. The van der Waals surface area contributed by atoms with E-state index >= 15 is 0 Å². The van der Waals surface area contributed by atoms with Crippen LogP contribution < -0.4 is 19.5 Å². The summed E-state index contributed by atoms with van der Waals surface area (Å²) in [5, 5.41) is 2.14. The normalized spacial score (nSPS) is 17.2. The summed E-state index contributed by atoms with van der Waals surface area (Å²) in [6.45, 7) is 3.57. The molecule has 0 aromatic heterocycles. The first kappa shape index (κ1) is 25.9. The minimum absolute atomic E-state index is 0.184. The number of carbonyl (C=O) groups excluding carboxylic acids is 2. The van der Waals surface area contributed by atoms with E-state index in [4.69, 9.17) is 14.2 Å². The first-order valence-electron chi connectivity index (χ1n) is 11.5. The monoisotopic (exact) mass is 515 g/mol. The van der Waals surface area contributed by atoms with Crippen LogP contribution in [0.15, 0.2) is 66.7 Å². The fraction of sp³-hybridized carbons (Fsp3) is 0.259. The Morgan fingerprint density at radius 3 is 2.22 bits per heavy atom. The van der Waals surface area contributed by atoms with E-state index in [0.29, 0.717) is 29.4 Å². The van der Waals surface area contributed by atoms with Crippen molar-refractivity contribution in [3.05, 3.63) is 77.9 Å². The molecule has 0 bridgehead atoms. The molecular formula is C27H24F3NO6. The lowest BCUT2D eigenvalue weighted by Gasteiger charge is -2.19. The first-order chi connectivity index (χ1) is 17.5. The maximum Gasteiger partial charge on any atom is 0.573 e. The molecule has 0 radical (unpaired) electrons. The number of alkyl carbamates (subject to hydrolysis) is 1. The van der Waals surface area contributed by atoms with Gasteiger partial charge in [-0.15, -0.1) is 13.2 Å². The van der Waals surface area contributed by atoms with Crippen LogP contribution in [0.25, 0.3) is 0 Å². The van der Waals surface area contributed by atoms with Crippen molar-refractivity contribution < 1.29 is 41.7 Å². The smallest absolute Gasteiger partial charge is 0.457 e. The number of alkyl halides is 3. The van der Waals surface area contributed by atoms with E-state index in [-0.39, 0.29) is 12.2 Å². The average molecular weight is 515 g/mol. The topological polar surface area (TPSA) is 83.1 Å². The van der Waals surface area contributed by atoms with Crippen LogP contribution in [0.5, 0.6) is 28.7 Å². The second-order valence-corrected chi connectivity index (χ2v) is 8.64. The van der Waals surface area contributed by atoms with Gasteiger partial charge in [-0.2, -0.15) is 0 Å². The Hall–Kier alpha value is -4.21. The predicted octanol–water partition coefficient (Wildman–Crippen LogP) is 6.69. The molecule has 1 saturated heterocycles. The number of nitrogens with one attached hydrogen (secondary N) is 1. The molecule has 0 saturated carbocycles. The highest BCUT2D eigenvalue weighted by Gasteiger charge is 2.44. The summed E-state index contributed by atoms with van der Waals surface area (Å²) in [4.78, 5) is 23.5. The Kier molecular flexibility index (Phi) is 7.28. The summed E-state index contributed by atoms with van der Waals surface area (Å²) in [6, 6.07) is 17.5. The Morgan fingerprint density at radius 1 is 0.892 bits per heavy atom. The van der Waals surface area contributed by atoms with Crippen LogP contribution in [-0.4, -0.2) is 24.0 Å². The summed E-state index contributed by atoms with van der Waals surface area (Å²) in [7, 11) is 0. The molecule has 0 spiro atoms. The number of hydrogen-bond acceptors (Lipinski definition) is 6. The van der Waals surface area contributed by atoms with Gasteiger partial charge in [0.2, 0.25) is 0 Å². The highest BCUT2D eigenvalue weighted by molar-refractivity contribution is 6.02. The van der Waals surface area contributed by atoms with Gasteiger partial charge in [0.05, 0.1) is 0 Å². The molecule has 1 atom stereocenters. The van der Waals surface area contributed by atoms with Gasteiger partial charge in [-0.1, -0.05) is 25.5 Å². The van der Waals surface area contributed by atoms with Gasteiger partial charge >= 0.3 is 12.5 Å². The summed E-state index contributed by atoms with van der Waals surface area (Å²) >= 11 is 0. The van der Waals surface area contributed by atoms with E-state index in [1.54, 1.807) is 37.3 Å². The zero-order valence-corrected chi connectivity index (χ0v) is 20.1. The van der Waals surface area contributed by atoms with Crippen LogP contribution in [0.3, 0.4) is 0 Å². The number of aryl methyl sites for hydroxylation is 1. The van der Waals surface area contributed by atoms with E-state index in [1.165, 1.54) is 24.3 Å². The largest absolute Gasteiger partial charge is 0.573 e. The molecule has 1 N–H and O–H groups in total. The Bertz CT molecular complexity index is 1290. The van der Waals surface area contributed by atoms with Crippen molar-refractivity contribution in [1.29, 1.82) is 0 Å². The first-order valence-corrected chi connectivity index (χ1v) is 11.5. The lowest BCUT2D eigenvalue weighted by Crippen LogP contribution is -2.38. The van der Waals surface area contributed by atoms with Crippen LogP contribution in [0.1, 0.15) is 31.4 Å². The Balaban J connectivity index is 1.48. The van der Waals surface area contributed by atoms with Gasteiger partial charge in [-0.25, -0.2) is 4.79 Å². The van der Waals surface area contributed by atoms with Crippen LogP contribution in [0.2, 0.25) is 0 Å². The van der Waals surface area contributed by atoms with Crippen molar-refractivity contribution in [2.24, 2.45) is 0 Å². The third kappa shape index (κ3) is 6.72. The minimum atomic E-state index is -4.76. The molecule has 4 rings (SSSR count). The summed E-state index contributed by atoms with van der Waals surface area (Å²) in [6.07, 6.45) is -3.82. The molecule has 1 fully saturated rings. The number of cyclic esters (lactones) is 1. The number of hydrogen-bond donors (Lipinski definition) is 1. The van der Waals surface area contributed by atoms with Crippen molar-refractivity contribution in [2.75, 3.05) is 0 Å². The molecule has 7 nitrogen and oxygen atoms in total. The van der Waals surface area contributed by atoms with Gasteiger partial charge in [-0.05, 0) is 79.1 Å². The van der Waals surface area contributed by atoms with E-state index in [2.05, 4.69) is 10.1 Å². The second kappa shape index (κ2) is 10.4. The van der Waals surface area contributed by atoms with Crippen molar-refractivity contribution in [3.63, 3.8) is 0 Å². The molecular weight excluding hydrogens is 491 g/mol. The third-order valence-corrected chi connectivity index (χ3v) is 5.53. The van der Waals surface area contributed by atoms with Gasteiger partial charge in [0.1, 0.15) is 28.7 Å². The van der Waals surface area contributed by atoms with Crippen LogP contribution in [0, 0.1) is 0 Å². The summed E-state index contributed by atoms with van der Waals surface area (Å²) in [5.74, 6) is 1.17. The molecule has 3 aromatic carbocycles. The predicted molar refractivity (Wildman–Crippen MR) is 127 cm³/mol. The highest BCUT2D eigenvalue weighted by atomic mass is 19.4. The lowest BCUT2D eigenvalue weighted by molar-refractivity contribution is -0.274. The van der Waals surface area contributed by atoms with E-state index in [9.17, 15) is 22.8 Å². The number of ether oxygens (including phenoxy) is 4. The van der Waals surface area contributed by atoms with Crippen molar-refractivity contribution >= 4 is 12.0 Å². The van der Waals surface area contributed by atoms with Crippen LogP contribution >= 0.6 is 0 Å². The van der Waals surface area contributed by atoms with E-state index in [0.717, 1.165) is 17.5 Å². The van der Waals surface area contributed by atoms with Crippen LogP contribution in [-0.2, 0) is 22.4 Å². The number of carbonyl (C=O) groups is 2. The van der Waals surface area contributed by atoms with Gasteiger partial charge in [-0.3, -0.25) is 10.1 Å². The summed E-state index contributed by atoms with van der Waals surface area (Å²) < 4.78 is 58.0. The molecule has 1 aliphatic heterocycles. The number of rotatable bonds is 9. The molecule has 1 aliphatic rings. The number of amides is 2. The average Bonchev–Trinajstić information content (AvgIpc) is 3.07. The molecule has 0 aliphatic carbocycles. The zero-order chi connectivity index (χ0) is 26.6.